The van der Waals surface area contributed by atoms with Gasteiger partial charge in [-0.15, -0.1) is 0 Å². The Morgan fingerprint density at radius 2 is 1.69 bits per heavy atom. The topological polar surface area (TPSA) is 109 Å². The van der Waals surface area contributed by atoms with Gasteiger partial charge in [0.1, 0.15) is 17.2 Å². The summed E-state index contributed by atoms with van der Waals surface area (Å²) in [5, 5.41) is 1.87. The molecule has 1 amide bonds. The van der Waals surface area contributed by atoms with E-state index in [0.29, 0.717) is 23.7 Å². The quantitative estimate of drug-likeness (QED) is 0.524. The van der Waals surface area contributed by atoms with Crippen LogP contribution >= 0.6 is 0 Å². The monoisotopic (exact) mass is 418 g/mol. The van der Waals surface area contributed by atoms with Crippen molar-refractivity contribution in [3.05, 3.63) is 54.1 Å². The average molecular weight is 419 g/mol. The van der Waals surface area contributed by atoms with Crippen molar-refractivity contribution in [1.82, 2.24) is 10.9 Å². The van der Waals surface area contributed by atoms with Gasteiger partial charge in [0.25, 0.3) is 0 Å². The third kappa shape index (κ3) is 5.47. The van der Waals surface area contributed by atoms with E-state index in [1.165, 1.54) is 5.56 Å². The molecule has 29 heavy (non-hydrogen) atoms. The maximum atomic E-state index is 12.6. The summed E-state index contributed by atoms with van der Waals surface area (Å²) in [5.74, 6) is 0.375. The molecule has 0 spiro atoms. The van der Waals surface area contributed by atoms with E-state index in [-0.39, 0.29) is 12.3 Å². The molecule has 8 nitrogen and oxygen atoms in total. The predicted octanol–water partition coefficient (Wildman–Crippen LogP) is 2.22. The highest BCUT2D eigenvalue weighted by Crippen LogP contribution is 2.20. The number of carbonyl (C=O) groups excluding carboxylic acids is 1. The van der Waals surface area contributed by atoms with Crippen LogP contribution in [-0.2, 0) is 21.2 Å². The Balaban J connectivity index is 1.57. The van der Waals surface area contributed by atoms with E-state index in [1.807, 2.05) is 31.2 Å². The Hall–Kier alpha value is -2.62. The number of nitrogens with one attached hydrogen (secondary N) is 4. The molecular formula is C20H26N4O4S. The summed E-state index contributed by atoms with van der Waals surface area (Å²) < 4.78 is 33.1. The first kappa shape index (κ1) is 21.1. The smallest absolute Gasteiger partial charge is 0.250 e. The first-order valence-electron chi connectivity index (χ1n) is 9.56. The number of aryl methyl sites for hydroxylation is 1. The normalized spacial score (nSPS) is 19.0. The van der Waals surface area contributed by atoms with E-state index in [9.17, 15) is 13.2 Å². The number of hydrogen-bond acceptors (Lipinski definition) is 6. The van der Waals surface area contributed by atoms with Crippen LogP contribution < -0.4 is 25.6 Å². The van der Waals surface area contributed by atoms with Gasteiger partial charge >= 0.3 is 0 Å². The highest BCUT2D eigenvalue weighted by atomic mass is 32.2. The largest absolute Gasteiger partial charge is 0.494 e. The first-order valence-corrected chi connectivity index (χ1v) is 11.1. The molecule has 0 saturated carbocycles. The molecule has 2 unspecified atom stereocenters. The third-order valence-electron chi connectivity index (χ3n) is 4.61. The Kier molecular flexibility index (Phi) is 6.73. The van der Waals surface area contributed by atoms with Gasteiger partial charge < -0.3 is 10.1 Å². The van der Waals surface area contributed by atoms with Crippen molar-refractivity contribution in [3.63, 3.8) is 0 Å². The molecule has 0 bridgehead atoms. The van der Waals surface area contributed by atoms with Crippen LogP contribution in [0.1, 0.15) is 25.8 Å². The minimum atomic E-state index is -3.73. The fourth-order valence-corrected chi connectivity index (χ4v) is 4.25. The van der Waals surface area contributed by atoms with Crippen LogP contribution in [0.5, 0.6) is 5.75 Å². The molecule has 0 aliphatic carbocycles. The minimum Gasteiger partial charge on any atom is -0.494 e. The van der Waals surface area contributed by atoms with Crippen LogP contribution in [0.2, 0.25) is 0 Å². The number of sulfonamides is 1. The van der Waals surface area contributed by atoms with Gasteiger partial charge in [-0.25, -0.2) is 19.3 Å². The Labute approximate surface area is 171 Å². The van der Waals surface area contributed by atoms with Crippen molar-refractivity contribution in [1.29, 1.82) is 0 Å². The number of benzene rings is 2. The molecule has 2 atom stereocenters. The summed E-state index contributed by atoms with van der Waals surface area (Å²) in [6, 6.07) is 13.6. The van der Waals surface area contributed by atoms with Crippen molar-refractivity contribution < 1.29 is 17.9 Å². The molecular weight excluding hydrogens is 392 g/mol. The molecule has 1 heterocycles. The second kappa shape index (κ2) is 9.25. The van der Waals surface area contributed by atoms with Gasteiger partial charge in [0.05, 0.1) is 6.61 Å². The zero-order valence-corrected chi connectivity index (χ0v) is 17.3. The second-order valence-corrected chi connectivity index (χ2v) is 8.57. The fourth-order valence-electron chi connectivity index (χ4n) is 2.98. The lowest BCUT2D eigenvalue weighted by Crippen LogP contribution is -2.42. The van der Waals surface area contributed by atoms with Crippen molar-refractivity contribution in [2.24, 2.45) is 0 Å². The second-order valence-electron chi connectivity index (χ2n) is 6.71. The summed E-state index contributed by atoms with van der Waals surface area (Å²) in [4.78, 5) is 12.5. The maximum absolute atomic E-state index is 12.6. The van der Waals surface area contributed by atoms with Gasteiger partial charge in [0.2, 0.25) is 15.9 Å². The van der Waals surface area contributed by atoms with Crippen LogP contribution in [0.3, 0.4) is 0 Å². The minimum absolute atomic E-state index is 0.102. The number of hydrazine groups is 1. The van der Waals surface area contributed by atoms with Crippen molar-refractivity contribution >= 4 is 27.3 Å². The van der Waals surface area contributed by atoms with E-state index in [1.54, 1.807) is 24.3 Å². The number of ether oxygens (including phenoxy) is 1. The molecule has 1 saturated heterocycles. The van der Waals surface area contributed by atoms with Gasteiger partial charge in [-0.3, -0.25) is 9.52 Å². The average Bonchev–Trinajstić information content (AvgIpc) is 3.22. The molecule has 156 valence electrons. The van der Waals surface area contributed by atoms with Gasteiger partial charge in [-0.2, -0.15) is 0 Å². The molecule has 4 N–H and O–H groups in total. The SMILES string of the molecule is CCOc1ccc(NS(=O)(=O)C2CC(C(=O)Nc3ccc(CC)cc3)NN2)cc1. The van der Waals surface area contributed by atoms with Gasteiger partial charge in [0.15, 0.2) is 0 Å². The summed E-state index contributed by atoms with van der Waals surface area (Å²) in [5.41, 5.74) is 7.74. The maximum Gasteiger partial charge on any atom is 0.250 e. The highest BCUT2D eigenvalue weighted by Gasteiger charge is 2.37. The molecule has 2 aromatic rings. The Morgan fingerprint density at radius 3 is 2.31 bits per heavy atom. The number of amides is 1. The third-order valence-corrected chi connectivity index (χ3v) is 6.19. The van der Waals surface area contributed by atoms with Crippen molar-refractivity contribution in [2.45, 2.75) is 38.1 Å². The highest BCUT2D eigenvalue weighted by molar-refractivity contribution is 7.93. The molecule has 1 aliphatic heterocycles. The standard InChI is InChI=1S/C20H26N4O4S/c1-3-14-5-7-15(8-6-14)21-20(25)18-13-19(23-22-18)29(26,27)24-16-9-11-17(12-10-16)28-4-2/h5-12,18-19,22-24H,3-4,13H2,1-2H3,(H,21,25). The summed E-state index contributed by atoms with van der Waals surface area (Å²) in [7, 11) is -3.73. The van der Waals surface area contributed by atoms with E-state index < -0.39 is 21.4 Å². The summed E-state index contributed by atoms with van der Waals surface area (Å²) in [6.07, 6.45) is 1.02. The molecule has 3 rings (SSSR count). The van der Waals surface area contributed by atoms with Crippen LogP contribution in [0.25, 0.3) is 0 Å². The number of anilines is 2. The summed E-state index contributed by atoms with van der Waals surface area (Å²) >= 11 is 0. The molecule has 2 aromatic carbocycles. The Morgan fingerprint density at radius 1 is 1.03 bits per heavy atom. The molecule has 0 aromatic heterocycles. The molecule has 1 aliphatic rings. The van der Waals surface area contributed by atoms with Crippen LogP contribution in [0.4, 0.5) is 11.4 Å². The lowest BCUT2D eigenvalue weighted by molar-refractivity contribution is -0.117. The van der Waals surface area contributed by atoms with Gasteiger partial charge in [-0.05, 0) is 55.3 Å². The fraction of sp³-hybridized carbons (Fsp3) is 0.350. The van der Waals surface area contributed by atoms with E-state index in [2.05, 4.69) is 27.8 Å². The summed E-state index contributed by atoms with van der Waals surface area (Å²) in [6.45, 7) is 4.47. The first-order chi connectivity index (χ1) is 13.9. The lowest BCUT2D eigenvalue weighted by atomic mass is 10.1. The number of hydrogen-bond donors (Lipinski definition) is 4. The number of rotatable bonds is 8. The van der Waals surface area contributed by atoms with E-state index >= 15 is 0 Å². The van der Waals surface area contributed by atoms with Gasteiger partial charge in [-0.1, -0.05) is 19.1 Å². The van der Waals surface area contributed by atoms with Crippen LogP contribution in [0, 0.1) is 0 Å². The zero-order chi connectivity index (χ0) is 20.9. The Bertz CT molecular complexity index is 930. The molecule has 1 fully saturated rings. The van der Waals surface area contributed by atoms with Crippen molar-refractivity contribution in [2.75, 3.05) is 16.6 Å². The van der Waals surface area contributed by atoms with Crippen LogP contribution in [0.15, 0.2) is 48.5 Å². The van der Waals surface area contributed by atoms with Crippen molar-refractivity contribution in [3.8, 4) is 5.75 Å². The van der Waals surface area contributed by atoms with Crippen LogP contribution in [-0.4, -0.2) is 32.3 Å². The lowest BCUT2D eigenvalue weighted by Gasteiger charge is -2.14. The predicted molar refractivity (Wildman–Crippen MR) is 113 cm³/mol. The van der Waals surface area contributed by atoms with E-state index in [4.69, 9.17) is 4.74 Å². The number of carbonyl (C=O) groups is 1. The zero-order valence-electron chi connectivity index (χ0n) is 16.4. The molecule has 0 radical (unpaired) electrons. The molecule has 9 heteroatoms. The van der Waals surface area contributed by atoms with E-state index in [0.717, 1.165) is 6.42 Å². The van der Waals surface area contributed by atoms with Gasteiger partial charge in [0, 0.05) is 17.8 Å².